The number of anilines is 1. The second-order valence-corrected chi connectivity index (χ2v) is 5.99. The lowest BCUT2D eigenvalue weighted by Crippen LogP contribution is -2.08. The van der Waals surface area contributed by atoms with Crippen molar-refractivity contribution in [2.75, 3.05) is 26.0 Å². The van der Waals surface area contributed by atoms with Crippen molar-refractivity contribution >= 4 is 17.3 Å². The van der Waals surface area contributed by atoms with Gasteiger partial charge in [0.2, 0.25) is 0 Å². The van der Waals surface area contributed by atoms with Crippen molar-refractivity contribution in [2.45, 2.75) is 26.3 Å². The summed E-state index contributed by atoms with van der Waals surface area (Å²) >= 11 is 6.28. The van der Waals surface area contributed by atoms with E-state index in [1.165, 1.54) is 11.1 Å². The summed E-state index contributed by atoms with van der Waals surface area (Å²) in [6.07, 6.45) is 1.91. The van der Waals surface area contributed by atoms with Gasteiger partial charge in [-0.05, 0) is 56.1 Å². The fourth-order valence-electron chi connectivity index (χ4n) is 2.57. The third-order valence-corrected chi connectivity index (χ3v) is 4.32. The maximum absolute atomic E-state index is 6.28. The van der Waals surface area contributed by atoms with Crippen LogP contribution in [0.3, 0.4) is 0 Å². The lowest BCUT2D eigenvalue weighted by Gasteiger charge is -2.13. The number of ether oxygens (including phenoxy) is 1. The molecule has 0 aliphatic rings. The molecule has 2 aromatic carbocycles. The topological polar surface area (TPSA) is 33.3 Å². The minimum atomic E-state index is 0.696. The van der Waals surface area contributed by atoms with Crippen LogP contribution in [0.4, 0.5) is 5.69 Å². The first-order valence-corrected chi connectivity index (χ1v) is 8.35. The number of hydrogen-bond donors (Lipinski definition) is 2. The van der Waals surface area contributed by atoms with E-state index in [-0.39, 0.29) is 0 Å². The van der Waals surface area contributed by atoms with Gasteiger partial charge < -0.3 is 15.4 Å². The van der Waals surface area contributed by atoms with E-state index < -0.39 is 0 Å². The maximum atomic E-state index is 6.28. The van der Waals surface area contributed by atoms with E-state index >= 15 is 0 Å². The molecular formula is C19H25ClN2O. The number of nitrogens with one attached hydrogen (secondary N) is 2. The third-order valence-electron chi connectivity index (χ3n) is 3.93. The summed E-state index contributed by atoms with van der Waals surface area (Å²) < 4.78 is 5.95. The van der Waals surface area contributed by atoms with E-state index in [0.29, 0.717) is 6.61 Å². The molecule has 0 amide bonds. The van der Waals surface area contributed by atoms with Crippen molar-refractivity contribution in [3.8, 4) is 5.75 Å². The van der Waals surface area contributed by atoms with Crippen LogP contribution in [0.25, 0.3) is 0 Å². The van der Waals surface area contributed by atoms with Crippen molar-refractivity contribution in [1.29, 1.82) is 0 Å². The van der Waals surface area contributed by atoms with Gasteiger partial charge in [-0.15, -0.1) is 0 Å². The minimum absolute atomic E-state index is 0.696. The lowest BCUT2D eigenvalue weighted by atomic mass is 10.0. The van der Waals surface area contributed by atoms with Crippen LogP contribution in [-0.2, 0) is 13.0 Å². The van der Waals surface area contributed by atoms with E-state index in [4.69, 9.17) is 16.3 Å². The van der Waals surface area contributed by atoms with Gasteiger partial charge in [0.25, 0.3) is 0 Å². The zero-order valence-corrected chi connectivity index (χ0v) is 14.8. The molecule has 2 aromatic rings. The normalized spacial score (nSPS) is 10.6. The number of halogens is 1. The van der Waals surface area contributed by atoms with E-state index in [9.17, 15) is 0 Å². The Labute approximate surface area is 144 Å². The fourth-order valence-corrected chi connectivity index (χ4v) is 2.80. The lowest BCUT2D eigenvalue weighted by molar-refractivity contribution is 0.307. The minimum Gasteiger partial charge on any atom is -0.493 e. The van der Waals surface area contributed by atoms with E-state index in [1.807, 2.05) is 38.4 Å². The Kier molecular flexibility index (Phi) is 6.75. The summed E-state index contributed by atoms with van der Waals surface area (Å²) in [5, 5.41) is 7.13. The van der Waals surface area contributed by atoms with Crippen LogP contribution in [-0.4, -0.2) is 20.7 Å². The molecule has 0 fully saturated rings. The van der Waals surface area contributed by atoms with Crippen LogP contribution in [0.15, 0.2) is 36.4 Å². The predicted octanol–water partition coefficient (Wildman–Crippen LogP) is 4.42. The quantitative estimate of drug-likeness (QED) is 0.702. The van der Waals surface area contributed by atoms with Crippen LogP contribution in [0.1, 0.15) is 23.1 Å². The second kappa shape index (κ2) is 8.80. The Bertz CT molecular complexity index is 643. The van der Waals surface area contributed by atoms with Gasteiger partial charge in [-0.25, -0.2) is 0 Å². The molecule has 2 rings (SSSR count). The first-order chi connectivity index (χ1) is 11.2. The zero-order chi connectivity index (χ0) is 16.7. The molecule has 0 bridgehead atoms. The molecule has 0 saturated carbocycles. The molecular weight excluding hydrogens is 308 g/mol. The molecule has 0 aliphatic carbocycles. The molecule has 124 valence electrons. The Morgan fingerprint density at radius 2 is 1.87 bits per heavy atom. The van der Waals surface area contributed by atoms with Gasteiger partial charge >= 0.3 is 0 Å². The molecule has 0 atom stereocenters. The van der Waals surface area contributed by atoms with Crippen LogP contribution in [0.2, 0.25) is 5.02 Å². The van der Waals surface area contributed by atoms with Crippen molar-refractivity contribution < 1.29 is 4.74 Å². The molecule has 0 aliphatic heterocycles. The van der Waals surface area contributed by atoms with E-state index in [0.717, 1.165) is 41.4 Å². The number of aryl methyl sites for hydroxylation is 1. The highest BCUT2D eigenvalue weighted by molar-refractivity contribution is 6.31. The predicted molar refractivity (Wildman–Crippen MR) is 98.8 cm³/mol. The van der Waals surface area contributed by atoms with Crippen molar-refractivity contribution in [3.63, 3.8) is 0 Å². The van der Waals surface area contributed by atoms with Crippen molar-refractivity contribution in [1.82, 2.24) is 5.32 Å². The van der Waals surface area contributed by atoms with Crippen molar-refractivity contribution in [2.24, 2.45) is 0 Å². The van der Waals surface area contributed by atoms with Crippen molar-refractivity contribution in [3.05, 3.63) is 58.1 Å². The molecule has 0 aromatic heterocycles. The summed E-state index contributed by atoms with van der Waals surface area (Å²) in [5.41, 5.74) is 4.66. The van der Waals surface area contributed by atoms with Gasteiger partial charge in [0, 0.05) is 29.9 Å². The molecule has 0 unspecified atom stereocenters. The summed E-state index contributed by atoms with van der Waals surface area (Å²) in [6, 6.07) is 12.3. The molecule has 0 saturated heterocycles. The average molecular weight is 333 g/mol. The Morgan fingerprint density at radius 1 is 1.09 bits per heavy atom. The second-order valence-electron chi connectivity index (χ2n) is 5.58. The Morgan fingerprint density at radius 3 is 2.61 bits per heavy atom. The highest BCUT2D eigenvalue weighted by Crippen LogP contribution is 2.25. The summed E-state index contributed by atoms with van der Waals surface area (Å²) in [4.78, 5) is 0. The van der Waals surface area contributed by atoms with Crippen LogP contribution in [0, 0.1) is 6.92 Å². The molecule has 2 N–H and O–H groups in total. The highest BCUT2D eigenvalue weighted by Gasteiger charge is 2.06. The third kappa shape index (κ3) is 4.88. The van der Waals surface area contributed by atoms with Crippen LogP contribution in [0.5, 0.6) is 5.75 Å². The highest BCUT2D eigenvalue weighted by atomic mass is 35.5. The molecule has 3 nitrogen and oxygen atoms in total. The van der Waals surface area contributed by atoms with E-state index in [1.54, 1.807) is 0 Å². The largest absolute Gasteiger partial charge is 0.493 e. The summed E-state index contributed by atoms with van der Waals surface area (Å²) in [6.45, 7) is 3.58. The number of hydrogen-bond acceptors (Lipinski definition) is 3. The molecule has 0 heterocycles. The van der Waals surface area contributed by atoms with Gasteiger partial charge in [-0.2, -0.15) is 0 Å². The molecule has 4 heteroatoms. The van der Waals surface area contributed by atoms with Crippen LogP contribution < -0.4 is 15.4 Å². The fraction of sp³-hybridized carbons (Fsp3) is 0.368. The zero-order valence-electron chi connectivity index (χ0n) is 14.1. The first-order valence-electron chi connectivity index (χ1n) is 7.97. The SMILES string of the molecule is CNCc1ccccc1OCCCc1cc(NC)cc(Cl)c1C. The van der Waals surface area contributed by atoms with Gasteiger partial charge in [0.05, 0.1) is 6.61 Å². The van der Waals surface area contributed by atoms with E-state index in [2.05, 4.69) is 29.7 Å². The average Bonchev–Trinajstić information content (AvgIpc) is 2.56. The molecule has 0 spiro atoms. The van der Waals surface area contributed by atoms with Gasteiger partial charge in [0.15, 0.2) is 0 Å². The maximum Gasteiger partial charge on any atom is 0.123 e. The standard InChI is InChI=1S/C19H25ClN2O/c1-14-15(11-17(22-3)12-18(14)20)8-6-10-23-19-9-5-4-7-16(19)13-21-2/h4-5,7,9,11-12,21-22H,6,8,10,13H2,1-3H3. The van der Waals surface area contributed by atoms with Crippen LogP contribution >= 0.6 is 11.6 Å². The van der Waals surface area contributed by atoms with Gasteiger partial charge in [-0.3, -0.25) is 0 Å². The van der Waals surface area contributed by atoms with Gasteiger partial charge in [-0.1, -0.05) is 29.8 Å². The van der Waals surface area contributed by atoms with Gasteiger partial charge in [0.1, 0.15) is 5.75 Å². The summed E-state index contributed by atoms with van der Waals surface area (Å²) in [5.74, 6) is 0.959. The Balaban J connectivity index is 1.92. The summed E-state index contributed by atoms with van der Waals surface area (Å²) in [7, 11) is 3.85. The number of para-hydroxylation sites is 1. The molecule has 23 heavy (non-hydrogen) atoms. The number of benzene rings is 2. The number of rotatable bonds is 8. The molecule has 0 radical (unpaired) electrons. The Hall–Kier alpha value is -1.71. The monoisotopic (exact) mass is 332 g/mol. The first kappa shape index (κ1) is 17.6. The smallest absolute Gasteiger partial charge is 0.123 e.